The van der Waals surface area contributed by atoms with Gasteiger partial charge in [-0.2, -0.15) is 0 Å². The number of ketones is 1. The second kappa shape index (κ2) is 5.78. The summed E-state index contributed by atoms with van der Waals surface area (Å²) in [5.41, 5.74) is 1.09. The van der Waals surface area contributed by atoms with Crippen LogP contribution in [0.1, 0.15) is 22.8 Å². The highest BCUT2D eigenvalue weighted by molar-refractivity contribution is 9.10. The Morgan fingerprint density at radius 2 is 2.11 bits per heavy atom. The number of nitrogens with zero attached hydrogens (tertiary/aromatic N) is 1. The molecule has 0 unspecified atom stereocenters. The van der Waals surface area contributed by atoms with Crippen LogP contribution in [0.25, 0.3) is 0 Å². The fourth-order valence-corrected chi connectivity index (χ4v) is 1.99. The van der Waals surface area contributed by atoms with E-state index in [-0.39, 0.29) is 5.78 Å². The molecule has 0 fully saturated rings. The van der Waals surface area contributed by atoms with Gasteiger partial charge in [0.25, 0.3) is 0 Å². The van der Waals surface area contributed by atoms with Crippen molar-refractivity contribution in [3.63, 3.8) is 0 Å². The maximum Gasteiger partial charge on any atom is 0.198 e. The SMILES string of the molecule is CCOc1ccccc1C(=O)c1cncc(Br)c1. The van der Waals surface area contributed by atoms with Crippen molar-refractivity contribution in [3.05, 3.63) is 58.3 Å². The van der Waals surface area contributed by atoms with Crippen LogP contribution in [-0.2, 0) is 0 Å². The lowest BCUT2D eigenvalue weighted by Gasteiger charge is -2.08. The molecule has 0 atom stereocenters. The van der Waals surface area contributed by atoms with E-state index >= 15 is 0 Å². The van der Waals surface area contributed by atoms with Gasteiger partial charge in [0.2, 0.25) is 0 Å². The van der Waals surface area contributed by atoms with Gasteiger partial charge in [-0.05, 0) is 41.1 Å². The van der Waals surface area contributed by atoms with Crippen LogP contribution in [0.2, 0.25) is 0 Å². The smallest absolute Gasteiger partial charge is 0.198 e. The molecule has 0 spiro atoms. The molecule has 0 saturated heterocycles. The summed E-state index contributed by atoms with van der Waals surface area (Å²) in [7, 11) is 0. The van der Waals surface area contributed by atoms with E-state index in [4.69, 9.17) is 4.74 Å². The number of carbonyl (C=O) groups is 1. The molecule has 3 nitrogen and oxygen atoms in total. The number of aromatic nitrogens is 1. The van der Waals surface area contributed by atoms with Crippen molar-refractivity contribution in [2.24, 2.45) is 0 Å². The molecule has 18 heavy (non-hydrogen) atoms. The van der Waals surface area contributed by atoms with Crippen LogP contribution in [0.4, 0.5) is 0 Å². The van der Waals surface area contributed by atoms with Crippen molar-refractivity contribution in [1.82, 2.24) is 4.98 Å². The average Bonchev–Trinajstić information content (AvgIpc) is 2.39. The highest BCUT2D eigenvalue weighted by Gasteiger charge is 2.14. The zero-order valence-electron chi connectivity index (χ0n) is 9.89. The lowest BCUT2D eigenvalue weighted by Crippen LogP contribution is -2.05. The molecule has 1 heterocycles. The molecular formula is C14H12BrNO2. The van der Waals surface area contributed by atoms with Gasteiger partial charge < -0.3 is 4.74 Å². The Morgan fingerprint density at radius 3 is 2.83 bits per heavy atom. The number of pyridine rings is 1. The first-order chi connectivity index (χ1) is 8.72. The Labute approximate surface area is 114 Å². The van der Waals surface area contributed by atoms with Crippen molar-refractivity contribution >= 4 is 21.7 Å². The fourth-order valence-electron chi connectivity index (χ4n) is 1.63. The van der Waals surface area contributed by atoms with E-state index in [2.05, 4.69) is 20.9 Å². The van der Waals surface area contributed by atoms with E-state index in [0.29, 0.717) is 23.5 Å². The van der Waals surface area contributed by atoms with E-state index in [0.717, 1.165) is 4.47 Å². The van der Waals surface area contributed by atoms with E-state index in [1.165, 1.54) is 0 Å². The van der Waals surface area contributed by atoms with Gasteiger partial charge in [-0.25, -0.2) is 0 Å². The topological polar surface area (TPSA) is 39.2 Å². The van der Waals surface area contributed by atoms with Gasteiger partial charge >= 0.3 is 0 Å². The Balaban J connectivity index is 2.40. The van der Waals surface area contributed by atoms with Crippen molar-refractivity contribution in [2.75, 3.05) is 6.61 Å². The molecule has 0 N–H and O–H groups in total. The van der Waals surface area contributed by atoms with E-state index in [1.807, 2.05) is 19.1 Å². The van der Waals surface area contributed by atoms with Gasteiger partial charge in [0.1, 0.15) is 5.75 Å². The quantitative estimate of drug-likeness (QED) is 0.812. The monoisotopic (exact) mass is 305 g/mol. The highest BCUT2D eigenvalue weighted by Crippen LogP contribution is 2.22. The molecule has 0 aliphatic heterocycles. The predicted molar refractivity (Wildman–Crippen MR) is 73.0 cm³/mol. The number of halogens is 1. The van der Waals surface area contributed by atoms with Gasteiger partial charge in [0.05, 0.1) is 12.2 Å². The molecule has 1 aromatic heterocycles. The van der Waals surface area contributed by atoms with Crippen LogP contribution < -0.4 is 4.74 Å². The zero-order valence-corrected chi connectivity index (χ0v) is 11.5. The number of para-hydroxylation sites is 1. The molecule has 2 aromatic rings. The Hall–Kier alpha value is -1.68. The molecule has 0 aliphatic rings. The summed E-state index contributed by atoms with van der Waals surface area (Å²) in [6.07, 6.45) is 3.20. The van der Waals surface area contributed by atoms with E-state index in [9.17, 15) is 4.79 Å². The molecule has 4 heteroatoms. The van der Waals surface area contributed by atoms with Gasteiger partial charge in [-0.3, -0.25) is 9.78 Å². The molecule has 1 aromatic carbocycles. The third-order valence-corrected chi connectivity index (χ3v) is 2.83. The molecule has 0 aliphatic carbocycles. The van der Waals surface area contributed by atoms with Crippen LogP contribution in [-0.4, -0.2) is 17.4 Å². The van der Waals surface area contributed by atoms with E-state index in [1.54, 1.807) is 30.6 Å². The normalized spacial score (nSPS) is 10.1. The number of hydrogen-bond acceptors (Lipinski definition) is 3. The van der Waals surface area contributed by atoms with Crippen molar-refractivity contribution in [1.29, 1.82) is 0 Å². The Kier molecular flexibility index (Phi) is 4.10. The second-order valence-electron chi connectivity index (χ2n) is 3.65. The number of ether oxygens (including phenoxy) is 1. The largest absolute Gasteiger partial charge is 0.493 e. The third-order valence-electron chi connectivity index (χ3n) is 2.40. The van der Waals surface area contributed by atoms with Crippen molar-refractivity contribution in [3.8, 4) is 5.75 Å². The number of rotatable bonds is 4. The maximum atomic E-state index is 12.4. The van der Waals surface area contributed by atoms with Crippen LogP contribution in [0, 0.1) is 0 Å². The molecule has 0 amide bonds. The molecule has 0 radical (unpaired) electrons. The summed E-state index contributed by atoms with van der Waals surface area (Å²) >= 11 is 3.31. The number of benzene rings is 1. The van der Waals surface area contributed by atoms with Gasteiger partial charge in [-0.1, -0.05) is 12.1 Å². The van der Waals surface area contributed by atoms with Gasteiger partial charge in [0, 0.05) is 22.4 Å². The number of hydrogen-bond donors (Lipinski definition) is 0. The number of carbonyl (C=O) groups excluding carboxylic acids is 1. The summed E-state index contributed by atoms with van der Waals surface area (Å²) in [5, 5.41) is 0. The standard InChI is InChI=1S/C14H12BrNO2/c1-2-18-13-6-4-3-5-12(13)14(17)10-7-11(15)9-16-8-10/h3-9H,2H2,1H3. The molecular weight excluding hydrogens is 294 g/mol. The Morgan fingerprint density at radius 1 is 1.33 bits per heavy atom. The molecule has 0 bridgehead atoms. The highest BCUT2D eigenvalue weighted by atomic mass is 79.9. The average molecular weight is 306 g/mol. The zero-order chi connectivity index (χ0) is 13.0. The van der Waals surface area contributed by atoms with Crippen LogP contribution in [0.3, 0.4) is 0 Å². The molecule has 2 rings (SSSR count). The van der Waals surface area contributed by atoms with Crippen molar-refractivity contribution in [2.45, 2.75) is 6.92 Å². The van der Waals surface area contributed by atoms with Crippen molar-refractivity contribution < 1.29 is 9.53 Å². The first kappa shape index (κ1) is 12.8. The summed E-state index contributed by atoms with van der Waals surface area (Å²) < 4.78 is 6.24. The summed E-state index contributed by atoms with van der Waals surface area (Å²) in [6.45, 7) is 2.42. The maximum absolute atomic E-state index is 12.4. The fraction of sp³-hybridized carbons (Fsp3) is 0.143. The minimum Gasteiger partial charge on any atom is -0.493 e. The predicted octanol–water partition coefficient (Wildman–Crippen LogP) is 3.47. The first-order valence-corrected chi connectivity index (χ1v) is 6.38. The van der Waals surface area contributed by atoms with E-state index < -0.39 is 0 Å². The molecule has 0 saturated carbocycles. The summed E-state index contributed by atoms with van der Waals surface area (Å²) in [4.78, 5) is 16.4. The lowest BCUT2D eigenvalue weighted by molar-refractivity contribution is 0.103. The van der Waals surface area contributed by atoms with Crippen LogP contribution >= 0.6 is 15.9 Å². The second-order valence-corrected chi connectivity index (χ2v) is 4.57. The first-order valence-electron chi connectivity index (χ1n) is 5.59. The minimum atomic E-state index is -0.0900. The van der Waals surface area contributed by atoms with Crippen LogP contribution in [0.15, 0.2) is 47.2 Å². The van der Waals surface area contributed by atoms with Gasteiger partial charge in [-0.15, -0.1) is 0 Å². The third kappa shape index (κ3) is 2.76. The van der Waals surface area contributed by atoms with Crippen LogP contribution in [0.5, 0.6) is 5.75 Å². The minimum absolute atomic E-state index is 0.0900. The Bertz CT molecular complexity index is 569. The molecule has 92 valence electrons. The summed E-state index contributed by atoms with van der Waals surface area (Å²) in [5.74, 6) is 0.512. The van der Waals surface area contributed by atoms with Gasteiger partial charge in [0.15, 0.2) is 5.78 Å². The lowest BCUT2D eigenvalue weighted by atomic mass is 10.0. The summed E-state index contributed by atoms with van der Waals surface area (Å²) in [6, 6.07) is 8.97.